The van der Waals surface area contributed by atoms with Crippen LogP contribution in [0, 0.1) is 6.92 Å². The molecular weight excluding hydrogens is 228 g/mol. The summed E-state index contributed by atoms with van der Waals surface area (Å²) in [5.74, 6) is 1.48. The minimum Gasteiger partial charge on any atom is -0.496 e. The van der Waals surface area contributed by atoms with Gasteiger partial charge in [0.25, 0.3) is 0 Å². The maximum Gasteiger partial charge on any atom is 0.122 e. The molecule has 1 aromatic carbocycles. The van der Waals surface area contributed by atoms with E-state index in [0.29, 0.717) is 5.92 Å². The van der Waals surface area contributed by atoms with Crippen molar-refractivity contribution in [3.05, 3.63) is 27.7 Å². The monoisotopic (exact) mass is 242 g/mol. The molecule has 1 rings (SSSR count). The fourth-order valence-electron chi connectivity index (χ4n) is 1.33. The average Bonchev–Trinajstić information content (AvgIpc) is 2.03. The molecule has 0 radical (unpaired) electrons. The summed E-state index contributed by atoms with van der Waals surface area (Å²) in [5.41, 5.74) is 2.46. The second-order valence-corrected chi connectivity index (χ2v) is 4.35. The Morgan fingerprint density at radius 1 is 1.31 bits per heavy atom. The van der Waals surface area contributed by atoms with E-state index in [-0.39, 0.29) is 0 Å². The maximum absolute atomic E-state index is 5.27. The summed E-state index contributed by atoms with van der Waals surface area (Å²) >= 11 is 3.56. The standard InChI is InChI=1S/C11H15BrO/c1-7(2)9-6-11(13-4)8(3)5-10(9)12/h5-7H,1-4H3. The van der Waals surface area contributed by atoms with Crippen LogP contribution in [0.15, 0.2) is 16.6 Å². The number of halogens is 1. The van der Waals surface area contributed by atoms with Crippen LogP contribution in [0.4, 0.5) is 0 Å². The van der Waals surface area contributed by atoms with E-state index < -0.39 is 0 Å². The molecule has 0 heterocycles. The van der Waals surface area contributed by atoms with Gasteiger partial charge in [-0.3, -0.25) is 0 Å². The van der Waals surface area contributed by atoms with Gasteiger partial charge in [-0.15, -0.1) is 0 Å². The van der Waals surface area contributed by atoms with Crippen LogP contribution in [-0.2, 0) is 0 Å². The van der Waals surface area contributed by atoms with Gasteiger partial charge in [-0.2, -0.15) is 0 Å². The van der Waals surface area contributed by atoms with E-state index in [1.165, 1.54) is 15.6 Å². The Kier molecular flexibility index (Phi) is 3.37. The molecule has 1 aromatic rings. The first kappa shape index (κ1) is 10.6. The van der Waals surface area contributed by atoms with E-state index in [1.807, 2.05) is 6.92 Å². The van der Waals surface area contributed by atoms with Crippen molar-refractivity contribution in [2.75, 3.05) is 7.11 Å². The molecule has 0 aliphatic rings. The van der Waals surface area contributed by atoms with Crippen LogP contribution in [0.25, 0.3) is 0 Å². The molecule has 2 heteroatoms. The van der Waals surface area contributed by atoms with Gasteiger partial charge in [-0.05, 0) is 36.1 Å². The summed E-state index contributed by atoms with van der Waals surface area (Å²) < 4.78 is 6.44. The number of aryl methyl sites for hydroxylation is 1. The molecule has 72 valence electrons. The van der Waals surface area contributed by atoms with E-state index in [1.54, 1.807) is 7.11 Å². The van der Waals surface area contributed by atoms with Gasteiger partial charge < -0.3 is 4.74 Å². The fourth-order valence-corrected chi connectivity index (χ4v) is 2.25. The normalized spacial score (nSPS) is 10.6. The Balaban J connectivity index is 3.22. The summed E-state index contributed by atoms with van der Waals surface area (Å²) in [7, 11) is 1.71. The number of ether oxygens (including phenoxy) is 1. The number of rotatable bonds is 2. The largest absolute Gasteiger partial charge is 0.496 e. The first-order valence-electron chi connectivity index (χ1n) is 4.40. The molecule has 1 nitrogen and oxygen atoms in total. The SMILES string of the molecule is COc1cc(C(C)C)c(Br)cc1C. The minimum absolute atomic E-state index is 0.517. The van der Waals surface area contributed by atoms with Crippen LogP contribution in [0.5, 0.6) is 5.75 Å². The summed E-state index contributed by atoms with van der Waals surface area (Å²) in [5, 5.41) is 0. The third-order valence-corrected chi connectivity index (χ3v) is 2.82. The quantitative estimate of drug-likeness (QED) is 0.765. The van der Waals surface area contributed by atoms with Crippen molar-refractivity contribution in [1.29, 1.82) is 0 Å². The molecule has 0 saturated heterocycles. The molecule has 0 amide bonds. The highest BCUT2D eigenvalue weighted by Gasteiger charge is 2.08. The molecule has 0 atom stereocenters. The maximum atomic E-state index is 5.27. The average molecular weight is 243 g/mol. The zero-order chi connectivity index (χ0) is 10.0. The highest BCUT2D eigenvalue weighted by atomic mass is 79.9. The molecule has 0 fully saturated rings. The summed E-state index contributed by atoms with van der Waals surface area (Å²) in [4.78, 5) is 0. The van der Waals surface area contributed by atoms with Gasteiger partial charge in [-0.1, -0.05) is 29.8 Å². The van der Waals surface area contributed by atoms with Crippen LogP contribution in [0.1, 0.15) is 30.9 Å². The van der Waals surface area contributed by atoms with E-state index in [9.17, 15) is 0 Å². The summed E-state index contributed by atoms with van der Waals surface area (Å²) in [6.07, 6.45) is 0. The molecule has 0 saturated carbocycles. The molecule has 13 heavy (non-hydrogen) atoms. The van der Waals surface area contributed by atoms with Gasteiger partial charge in [0, 0.05) is 4.47 Å². The van der Waals surface area contributed by atoms with E-state index in [2.05, 4.69) is 41.9 Å². The van der Waals surface area contributed by atoms with Crippen molar-refractivity contribution in [2.45, 2.75) is 26.7 Å². The van der Waals surface area contributed by atoms with Gasteiger partial charge in [0.1, 0.15) is 5.75 Å². The number of benzene rings is 1. The van der Waals surface area contributed by atoms with Gasteiger partial charge in [0.05, 0.1) is 7.11 Å². The van der Waals surface area contributed by atoms with Gasteiger partial charge in [0.15, 0.2) is 0 Å². The Morgan fingerprint density at radius 3 is 2.38 bits per heavy atom. The van der Waals surface area contributed by atoms with Crippen LogP contribution in [-0.4, -0.2) is 7.11 Å². The second-order valence-electron chi connectivity index (χ2n) is 3.50. The third-order valence-electron chi connectivity index (χ3n) is 2.14. The highest BCUT2D eigenvalue weighted by Crippen LogP contribution is 2.31. The van der Waals surface area contributed by atoms with Crippen LogP contribution >= 0.6 is 15.9 Å². The van der Waals surface area contributed by atoms with Gasteiger partial charge in [0.2, 0.25) is 0 Å². The molecule has 0 spiro atoms. The van der Waals surface area contributed by atoms with E-state index in [0.717, 1.165) is 5.75 Å². The van der Waals surface area contributed by atoms with Crippen LogP contribution in [0.3, 0.4) is 0 Å². The van der Waals surface area contributed by atoms with Crippen molar-refractivity contribution in [3.63, 3.8) is 0 Å². The summed E-state index contributed by atoms with van der Waals surface area (Å²) in [6, 6.07) is 4.21. The predicted octanol–water partition coefficient (Wildman–Crippen LogP) is 3.89. The smallest absolute Gasteiger partial charge is 0.122 e. The third kappa shape index (κ3) is 2.25. The Labute approximate surface area is 88.2 Å². The molecule has 0 aliphatic carbocycles. The van der Waals surface area contributed by atoms with Crippen LogP contribution < -0.4 is 4.74 Å². The zero-order valence-electron chi connectivity index (χ0n) is 8.52. The number of methoxy groups -OCH3 is 1. The Morgan fingerprint density at radius 2 is 1.92 bits per heavy atom. The zero-order valence-corrected chi connectivity index (χ0v) is 10.1. The van der Waals surface area contributed by atoms with Gasteiger partial charge in [-0.25, -0.2) is 0 Å². The van der Waals surface area contributed by atoms with Crippen molar-refractivity contribution < 1.29 is 4.74 Å². The Hall–Kier alpha value is -0.500. The lowest BCUT2D eigenvalue weighted by atomic mass is 10.0. The summed E-state index contributed by atoms with van der Waals surface area (Å²) in [6.45, 7) is 6.40. The van der Waals surface area contributed by atoms with Crippen molar-refractivity contribution in [3.8, 4) is 5.75 Å². The molecule has 0 N–H and O–H groups in total. The topological polar surface area (TPSA) is 9.23 Å². The lowest BCUT2D eigenvalue weighted by Gasteiger charge is -2.12. The van der Waals surface area contributed by atoms with Crippen molar-refractivity contribution >= 4 is 15.9 Å². The minimum atomic E-state index is 0.517. The second kappa shape index (κ2) is 4.14. The fraction of sp³-hybridized carbons (Fsp3) is 0.455. The molecule has 0 bridgehead atoms. The van der Waals surface area contributed by atoms with Gasteiger partial charge >= 0.3 is 0 Å². The number of hydrogen-bond donors (Lipinski definition) is 0. The molecule has 0 aromatic heterocycles. The first-order chi connectivity index (χ1) is 6.06. The number of hydrogen-bond acceptors (Lipinski definition) is 1. The lowest BCUT2D eigenvalue weighted by Crippen LogP contribution is -1.94. The molecular formula is C11H15BrO. The predicted molar refractivity (Wildman–Crippen MR) is 59.5 cm³/mol. The van der Waals surface area contributed by atoms with E-state index >= 15 is 0 Å². The van der Waals surface area contributed by atoms with Crippen LogP contribution in [0.2, 0.25) is 0 Å². The highest BCUT2D eigenvalue weighted by molar-refractivity contribution is 9.10. The first-order valence-corrected chi connectivity index (χ1v) is 5.19. The molecule has 0 unspecified atom stereocenters. The van der Waals surface area contributed by atoms with Crippen molar-refractivity contribution in [1.82, 2.24) is 0 Å². The van der Waals surface area contributed by atoms with Crippen molar-refractivity contribution in [2.24, 2.45) is 0 Å². The van der Waals surface area contributed by atoms with E-state index in [4.69, 9.17) is 4.74 Å². The molecule has 0 aliphatic heterocycles. The Bertz CT molecular complexity index is 305. The lowest BCUT2D eigenvalue weighted by molar-refractivity contribution is 0.410.